The standard InChI is InChI=1S/C20H19FN2O2S/c1-20(2,23-19(24)25-12-14-6-4-3-5-7-14)17-13-26-18(22-17)15-8-10-16(21)11-9-15/h3-11,13H,12H2,1-2H3,(H,23,24). The van der Waals surface area contributed by atoms with Gasteiger partial charge in [-0.25, -0.2) is 14.2 Å². The minimum Gasteiger partial charge on any atom is -0.445 e. The number of carbonyl (C=O) groups excluding carboxylic acids is 1. The number of carbonyl (C=O) groups is 1. The molecule has 1 aromatic heterocycles. The Morgan fingerprint density at radius 1 is 1.15 bits per heavy atom. The van der Waals surface area contributed by atoms with E-state index in [-0.39, 0.29) is 12.4 Å². The summed E-state index contributed by atoms with van der Waals surface area (Å²) in [6.07, 6.45) is -0.504. The minimum atomic E-state index is -0.692. The zero-order valence-corrected chi connectivity index (χ0v) is 15.3. The first-order chi connectivity index (χ1) is 12.4. The molecule has 6 heteroatoms. The molecule has 0 unspecified atom stereocenters. The van der Waals surface area contributed by atoms with Crippen LogP contribution in [0.15, 0.2) is 60.0 Å². The molecule has 4 nitrogen and oxygen atoms in total. The molecule has 0 saturated carbocycles. The molecule has 0 fully saturated rings. The minimum absolute atomic E-state index is 0.209. The zero-order valence-electron chi connectivity index (χ0n) is 14.5. The number of rotatable bonds is 5. The summed E-state index contributed by atoms with van der Waals surface area (Å²) in [5.41, 5.74) is 1.79. The van der Waals surface area contributed by atoms with Gasteiger partial charge >= 0.3 is 6.09 Å². The van der Waals surface area contributed by atoms with Crippen LogP contribution in [0, 0.1) is 5.82 Å². The van der Waals surface area contributed by atoms with Crippen molar-refractivity contribution in [2.24, 2.45) is 0 Å². The molecular formula is C20H19FN2O2S. The molecule has 0 saturated heterocycles. The highest BCUT2D eigenvalue weighted by Gasteiger charge is 2.26. The van der Waals surface area contributed by atoms with E-state index in [1.165, 1.54) is 23.5 Å². The Labute approximate surface area is 155 Å². The van der Waals surface area contributed by atoms with Crippen LogP contribution in [0.5, 0.6) is 0 Å². The van der Waals surface area contributed by atoms with E-state index in [0.717, 1.165) is 21.8 Å². The Hall–Kier alpha value is -2.73. The van der Waals surface area contributed by atoms with Crippen molar-refractivity contribution in [3.63, 3.8) is 0 Å². The van der Waals surface area contributed by atoms with Crippen molar-refractivity contribution in [3.8, 4) is 10.6 Å². The van der Waals surface area contributed by atoms with Crippen LogP contribution in [0.3, 0.4) is 0 Å². The van der Waals surface area contributed by atoms with Crippen molar-refractivity contribution in [2.45, 2.75) is 26.0 Å². The predicted octanol–water partition coefficient (Wildman–Crippen LogP) is 5.11. The van der Waals surface area contributed by atoms with Crippen LogP contribution in [0.25, 0.3) is 10.6 Å². The number of benzene rings is 2. The van der Waals surface area contributed by atoms with Crippen molar-refractivity contribution < 1.29 is 13.9 Å². The molecule has 0 aliphatic rings. The third kappa shape index (κ3) is 4.46. The second-order valence-corrected chi connectivity index (χ2v) is 7.21. The first kappa shape index (κ1) is 18.1. The summed E-state index contributed by atoms with van der Waals surface area (Å²) in [5, 5.41) is 5.50. The van der Waals surface area contributed by atoms with Gasteiger partial charge in [0.15, 0.2) is 0 Å². The molecule has 1 heterocycles. The van der Waals surface area contributed by atoms with Gasteiger partial charge in [-0.1, -0.05) is 30.3 Å². The number of hydrogen-bond donors (Lipinski definition) is 1. The SMILES string of the molecule is CC(C)(NC(=O)OCc1ccccc1)c1csc(-c2ccc(F)cc2)n1. The van der Waals surface area contributed by atoms with Gasteiger partial charge in [0.25, 0.3) is 0 Å². The highest BCUT2D eigenvalue weighted by molar-refractivity contribution is 7.13. The van der Waals surface area contributed by atoms with Crippen molar-refractivity contribution in [1.82, 2.24) is 10.3 Å². The molecule has 3 aromatic rings. The molecule has 0 atom stereocenters. The third-order valence-electron chi connectivity index (χ3n) is 3.86. The van der Waals surface area contributed by atoms with Crippen LogP contribution in [-0.4, -0.2) is 11.1 Å². The van der Waals surface area contributed by atoms with Gasteiger partial charge in [-0.2, -0.15) is 0 Å². The summed E-state index contributed by atoms with van der Waals surface area (Å²) in [6, 6.07) is 15.7. The van der Waals surface area contributed by atoms with E-state index in [1.807, 2.05) is 49.6 Å². The molecular weight excluding hydrogens is 351 g/mol. The molecule has 3 rings (SSSR count). The Kier molecular flexibility index (Phi) is 5.32. The number of halogens is 1. The van der Waals surface area contributed by atoms with Gasteiger partial charge in [-0.15, -0.1) is 11.3 Å². The zero-order chi connectivity index (χ0) is 18.6. The van der Waals surface area contributed by atoms with Gasteiger partial charge < -0.3 is 10.1 Å². The van der Waals surface area contributed by atoms with E-state index in [1.54, 1.807) is 12.1 Å². The normalized spacial score (nSPS) is 11.2. The molecule has 26 heavy (non-hydrogen) atoms. The largest absolute Gasteiger partial charge is 0.445 e. The van der Waals surface area contributed by atoms with Gasteiger partial charge in [0.1, 0.15) is 17.4 Å². The molecule has 0 spiro atoms. The topological polar surface area (TPSA) is 51.2 Å². The lowest BCUT2D eigenvalue weighted by Crippen LogP contribution is -2.41. The highest BCUT2D eigenvalue weighted by Crippen LogP contribution is 2.29. The smallest absolute Gasteiger partial charge is 0.408 e. The Bertz CT molecular complexity index is 876. The number of hydrogen-bond acceptors (Lipinski definition) is 4. The number of aromatic nitrogens is 1. The molecule has 1 N–H and O–H groups in total. The average Bonchev–Trinajstić information content (AvgIpc) is 3.12. The fraction of sp³-hybridized carbons (Fsp3) is 0.200. The third-order valence-corrected chi connectivity index (χ3v) is 4.75. The molecule has 0 bridgehead atoms. The van der Waals surface area contributed by atoms with Crippen molar-refractivity contribution >= 4 is 17.4 Å². The number of ether oxygens (including phenoxy) is 1. The maximum absolute atomic E-state index is 13.1. The maximum Gasteiger partial charge on any atom is 0.408 e. The molecule has 2 aromatic carbocycles. The predicted molar refractivity (Wildman–Crippen MR) is 100 cm³/mol. The number of nitrogens with one attached hydrogen (secondary N) is 1. The van der Waals surface area contributed by atoms with Gasteiger partial charge in [-0.05, 0) is 43.7 Å². The summed E-state index contributed by atoms with van der Waals surface area (Å²) in [5.74, 6) is -0.284. The van der Waals surface area contributed by atoms with Crippen LogP contribution in [0.4, 0.5) is 9.18 Å². The average molecular weight is 370 g/mol. The van der Waals surface area contributed by atoms with E-state index in [0.29, 0.717) is 0 Å². The molecule has 134 valence electrons. The lowest BCUT2D eigenvalue weighted by atomic mass is 10.0. The number of nitrogens with zero attached hydrogens (tertiary/aromatic N) is 1. The Morgan fingerprint density at radius 3 is 2.54 bits per heavy atom. The van der Waals surface area contributed by atoms with E-state index in [9.17, 15) is 9.18 Å². The number of amides is 1. The maximum atomic E-state index is 13.1. The second-order valence-electron chi connectivity index (χ2n) is 6.36. The molecule has 0 aliphatic carbocycles. The summed E-state index contributed by atoms with van der Waals surface area (Å²) in [7, 11) is 0. The second kappa shape index (κ2) is 7.66. The van der Waals surface area contributed by atoms with E-state index in [2.05, 4.69) is 10.3 Å². The summed E-state index contributed by atoms with van der Waals surface area (Å²) in [6.45, 7) is 3.93. The Balaban J connectivity index is 1.64. The van der Waals surface area contributed by atoms with Crippen molar-refractivity contribution in [1.29, 1.82) is 0 Å². The van der Waals surface area contributed by atoms with Gasteiger partial charge in [0, 0.05) is 10.9 Å². The lowest BCUT2D eigenvalue weighted by molar-refractivity contribution is 0.129. The van der Waals surface area contributed by atoms with Crippen LogP contribution < -0.4 is 5.32 Å². The lowest BCUT2D eigenvalue weighted by Gasteiger charge is -2.23. The molecule has 0 aliphatic heterocycles. The fourth-order valence-electron chi connectivity index (χ4n) is 2.36. The molecule has 1 amide bonds. The first-order valence-corrected chi connectivity index (χ1v) is 9.03. The monoisotopic (exact) mass is 370 g/mol. The van der Waals surface area contributed by atoms with Crippen LogP contribution in [0.1, 0.15) is 25.1 Å². The molecule has 0 radical (unpaired) electrons. The fourth-order valence-corrected chi connectivity index (χ4v) is 3.36. The first-order valence-electron chi connectivity index (χ1n) is 8.15. The quantitative estimate of drug-likeness (QED) is 0.679. The van der Waals surface area contributed by atoms with E-state index < -0.39 is 11.6 Å². The summed E-state index contributed by atoms with van der Waals surface area (Å²) < 4.78 is 18.3. The van der Waals surface area contributed by atoms with Gasteiger partial charge in [0.05, 0.1) is 11.2 Å². The van der Waals surface area contributed by atoms with Crippen LogP contribution >= 0.6 is 11.3 Å². The van der Waals surface area contributed by atoms with Gasteiger partial charge in [0.2, 0.25) is 0 Å². The van der Waals surface area contributed by atoms with Crippen molar-refractivity contribution in [3.05, 3.63) is 77.1 Å². The summed E-state index contributed by atoms with van der Waals surface area (Å²) in [4.78, 5) is 16.7. The number of alkyl carbamates (subject to hydrolysis) is 1. The van der Waals surface area contributed by atoms with Crippen LogP contribution in [0.2, 0.25) is 0 Å². The Morgan fingerprint density at radius 2 is 1.85 bits per heavy atom. The van der Waals surface area contributed by atoms with Gasteiger partial charge in [-0.3, -0.25) is 0 Å². The van der Waals surface area contributed by atoms with Crippen molar-refractivity contribution in [2.75, 3.05) is 0 Å². The van der Waals surface area contributed by atoms with E-state index >= 15 is 0 Å². The highest BCUT2D eigenvalue weighted by atomic mass is 32.1. The summed E-state index contributed by atoms with van der Waals surface area (Å²) >= 11 is 1.45. The van der Waals surface area contributed by atoms with E-state index in [4.69, 9.17) is 4.74 Å². The van der Waals surface area contributed by atoms with Crippen LogP contribution in [-0.2, 0) is 16.9 Å². The number of thiazole rings is 1.